The molecule has 6 nitrogen and oxygen atoms in total. The zero-order chi connectivity index (χ0) is 17.1. The van der Waals surface area contributed by atoms with Gasteiger partial charge in [-0.2, -0.15) is 0 Å². The summed E-state index contributed by atoms with van der Waals surface area (Å²) in [6, 6.07) is 3.42. The topological polar surface area (TPSA) is 67.1 Å². The van der Waals surface area contributed by atoms with Crippen molar-refractivity contribution in [2.24, 2.45) is 4.99 Å². The molecule has 126 valence electrons. The Labute approximate surface area is 136 Å². The Hall–Kier alpha value is -2.68. The van der Waals surface area contributed by atoms with Crippen LogP contribution in [0.1, 0.15) is 24.6 Å². The number of halogens is 3. The number of hydrogen-bond donors (Lipinski definition) is 2. The van der Waals surface area contributed by atoms with Gasteiger partial charge in [0.2, 0.25) is 0 Å². The number of benzene rings is 1. The number of rotatable bonds is 5. The maximum Gasteiger partial charge on any atom is 0.266 e. The van der Waals surface area contributed by atoms with Crippen LogP contribution in [0.2, 0.25) is 0 Å². The first-order chi connectivity index (χ1) is 11.5. The van der Waals surface area contributed by atoms with Gasteiger partial charge in [-0.15, -0.1) is 5.10 Å². The number of aliphatic imine (C=N–C) groups is 1. The lowest BCUT2D eigenvalue weighted by Gasteiger charge is -2.17. The molecule has 0 bridgehead atoms. The van der Waals surface area contributed by atoms with E-state index in [1.54, 1.807) is 12.4 Å². The maximum atomic E-state index is 13.3. The predicted octanol–water partition coefficient (Wildman–Crippen LogP) is 2.30. The Morgan fingerprint density at radius 1 is 1.38 bits per heavy atom. The lowest BCUT2D eigenvalue weighted by atomic mass is 10.2. The van der Waals surface area contributed by atoms with E-state index < -0.39 is 17.8 Å². The summed E-state index contributed by atoms with van der Waals surface area (Å²) in [4.78, 5) is 4.24. The summed E-state index contributed by atoms with van der Waals surface area (Å²) in [6.07, 6.45) is 2.02. The van der Waals surface area contributed by atoms with Crippen LogP contribution in [0.3, 0.4) is 0 Å². The minimum Gasteiger partial charge on any atom is -0.357 e. The number of hydrogen-bond acceptors (Lipinski definition) is 5. The number of nitrogens with one attached hydrogen (secondary N) is 2. The molecule has 0 saturated carbocycles. The highest BCUT2D eigenvalue weighted by atomic mass is 19.3. The zero-order valence-electron chi connectivity index (χ0n) is 12.7. The van der Waals surface area contributed by atoms with Crippen LogP contribution in [0, 0.1) is 5.82 Å². The van der Waals surface area contributed by atoms with E-state index in [9.17, 15) is 13.2 Å². The fraction of sp³-hybridized carbons (Fsp3) is 0.267. The number of alkyl halides is 2. The third-order valence-electron chi connectivity index (χ3n) is 3.39. The summed E-state index contributed by atoms with van der Waals surface area (Å²) in [5.74, 6) is -0.944. The van der Waals surface area contributed by atoms with Crippen molar-refractivity contribution in [2.45, 2.75) is 26.2 Å². The molecule has 1 aromatic heterocycles. The van der Waals surface area contributed by atoms with Gasteiger partial charge in [0.1, 0.15) is 5.82 Å². The highest BCUT2D eigenvalue weighted by molar-refractivity contribution is 5.78. The summed E-state index contributed by atoms with van der Waals surface area (Å²) in [5.41, 5.74) is 1.27. The smallest absolute Gasteiger partial charge is 0.266 e. The Bertz CT molecular complexity index is 783. The van der Waals surface area contributed by atoms with Crippen LogP contribution in [0.5, 0.6) is 0 Å². The molecule has 24 heavy (non-hydrogen) atoms. The van der Waals surface area contributed by atoms with E-state index in [4.69, 9.17) is 0 Å². The number of aromatic nitrogens is 3. The molecule has 1 aliphatic heterocycles. The molecule has 1 unspecified atom stereocenters. The van der Waals surface area contributed by atoms with E-state index >= 15 is 0 Å². The second kappa shape index (κ2) is 6.83. The molecular weight excluding hydrogens is 321 g/mol. The summed E-state index contributed by atoms with van der Waals surface area (Å²) in [6.45, 7) is 2.31. The molecule has 1 aromatic carbocycles. The second-order valence-corrected chi connectivity index (χ2v) is 5.28. The molecule has 1 aliphatic rings. The van der Waals surface area contributed by atoms with Crippen LogP contribution in [-0.4, -0.2) is 27.5 Å². The standard InChI is InChI=1S/C15H15F3N6/c1-9-5-19-15(20-6-9)21-7-10-8-24(23-22-10)11-2-3-13(16)12(4-11)14(17)18/h2-6,8,14-15,19,21H,7H2,1H3. The molecule has 1 atom stereocenters. The average Bonchev–Trinajstić information content (AvgIpc) is 3.03. The van der Waals surface area contributed by atoms with Gasteiger partial charge < -0.3 is 5.32 Å². The SMILES string of the molecule is CC1=CNC(NCc2cn(-c3ccc(F)c(C(F)F)c3)nn2)N=C1. The molecule has 0 amide bonds. The van der Waals surface area contributed by atoms with E-state index in [-0.39, 0.29) is 6.29 Å². The van der Waals surface area contributed by atoms with Crippen LogP contribution in [0.4, 0.5) is 13.2 Å². The van der Waals surface area contributed by atoms with E-state index in [2.05, 4.69) is 25.9 Å². The van der Waals surface area contributed by atoms with Crippen molar-refractivity contribution in [3.8, 4) is 5.69 Å². The van der Waals surface area contributed by atoms with Crippen molar-refractivity contribution in [2.75, 3.05) is 0 Å². The lowest BCUT2D eigenvalue weighted by Crippen LogP contribution is -2.39. The van der Waals surface area contributed by atoms with Gasteiger partial charge >= 0.3 is 0 Å². The Balaban J connectivity index is 1.67. The molecule has 2 N–H and O–H groups in total. The molecule has 0 spiro atoms. The van der Waals surface area contributed by atoms with Gasteiger partial charge in [0.25, 0.3) is 6.43 Å². The van der Waals surface area contributed by atoms with Crippen molar-refractivity contribution in [3.63, 3.8) is 0 Å². The fourth-order valence-corrected chi connectivity index (χ4v) is 2.14. The maximum absolute atomic E-state index is 13.3. The van der Waals surface area contributed by atoms with Crippen molar-refractivity contribution < 1.29 is 13.2 Å². The molecule has 0 radical (unpaired) electrons. The van der Waals surface area contributed by atoms with Gasteiger partial charge in [0.15, 0.2) is 6.29 Å². The predicted molar refractivity (Wildman–Crippen MR) is 82.3 cm³/mol. The molecule has 0 fully saturated rings. The lowest BCUT2D eigenvalue weighted by molar-refractivity contribution is 0.146. The van der Waals surface area contributed by atoms with Gasteiger partial charge in [0, 0.05) is 19.0 Å². The zero-order valence-corrected chi connectivity index (χ0v) is 12.7. The van der Waals surface area contributed by atoms with Gasteiger partial charge in [-0.05, 0) is 30.7 Å². The molecule has 9 heteroatoms. The molecule has 0 aliphatic carbocycles. The summed E-state index contributed by atoms with van der Waals surface area (Å²) in [5, 5.41) is 14.0. The van der Waals surface area contributed by atoms with Crippen molar-refractivity contribution in [3.05, 3.63) is 53.2 Å². The van der Waals surface area contributed by atoms with Crippen LogP contribution >= 0.6 is 0 Å². The highest BCUT2D eigenvalue weighted by Crippen LogP contribution is 2.24. The van der Waals surface area contributed by atoms with Crippen LogP contribution in [0.15, 0.2) is 41.2 Å². The first-order valence-electron chi connectivity index (χ1n) is 7.21. The average molecular weight is 336 g/mol. The first-order valence-corrected chi connectivity index (χ1v) is 7.21. The Kier molecular flexibility index (Phi) is 4.61. The van der Waals surface area contributed by atoms with Gasteiger partial charge in [0.05, 0.1) is 23.1 Å². The fourth-order valence-electron chi connectivity index (χ4n) is 2.14. The minimum atomic E-state index is -2.89. The van der Waals surface area contributed by atoms with Crippen LogP contribution in [0.25, 0.3) is 5.69 Å². The highest BCUT2D eigenvalue weighted by Gasteiger charge is 2.15. The third-order valence-corrected chi connectivity index (χ3v) is 3.39. The monoisotopic (exact) mass is 336 g/mol. The molecular formula is C15H15F3N6. The third kappa shape index (κ3) is 3.62. The first kappa shape index (κ1) is 16.2. The number of allylic oxidation sites excluding steroid dienone is 1. The molecule has 2 aromatic rings. The minimum absolute atomic E-state index is 0.268. The summed E-state index contributed by atoms with van der Waals surface area (Å²) < 4.78 is 40.2. The molecule has 2 heterocycles. The largest absolute Gasteiger partial charge is 0.357 e. The second-order valence-electron chi connectivity index (χ2n) is 5.28. The van der Waals surface area contributed by atoms with Crippen LogP contribution in [-0.2, 0) is 6.54 Å². The quantitative estimate of drug-likeness (QED) is 0.879. The van der Waals surface area contributed by atoms with Gasteiger partial charge in [-0.25, -0.2) is 17.9 Å². The normalized spacial score (nSPS) is 17.0. The Morgan fingerprint density at radius 2 is 2.21 bits per heavy atom. The van der Waals surface area contributed by atoms with E-state index in [1.807, 2.05) is 13.1 Å². The van der Waals surface area contributed by atoms with Crippen molar-refractivity contribution in [1.29, 1.82) is 0 Å². The van der Waals surface area contributed by atoms with Crippen LogP contribution < -0.4 is 10.6 Å². The Morgan fingerprint density at radius 3 is 2.92 bits per heavy atom. The summed E-state index contributed by atoms with van der Waals surface area (Å²) in [7, 11) is 0. The number of nitrogens with zero attached hydrogens (tertiary/aromatic N) is 4. The van der Waals surface area contributed by atoms with Crippen molar-refractivity contribution >= 4 is 6.21 Å². The molecule has 0 saturated heterocycles. The van der Waals surface area contributed by atoms with Gasteiger partial charge in [-0.3, -0.25) is 10.3 Å². The van der Waals surface area contributed by atoms with E-state index in [0.29, 0.717) is 17.9 Å². The summed E-state index contributed by atoms with van der Waals surface area (Å²) >= 11 is 0. The molecule has 3 rings (SSSR count). The van der Waals surface area contributed by atoms with Crippen molar-refractivity contribution in [1.82, 2.24) is 25.6 Å². The van der Waals surface area contributed by atoms with E-state index in [1.165, 1.54) is 10.7 Å². The van der Waals surface area contributed by atoms with E-state index in [0.717, 1.165) is 17.7 Å². The van der Waals surface area contributed by atoms with Gasteiger partial charge in [-0.1, -0.05) is 5.21 Å².